The highest BCUT2D eigenvalue weighted by molar-refractivity contribution is 7.92. The minimum atomic E-state index is -3.94. The summed E-state index contributed by atoms with van der Waals surface area (Å²) < 4.78 is 76.8. The summed E-state index contributed by atoms with van der Waals surface area (Å²) in [6, 6.07) is 10.0. The van der Waals surface area contributed by atoms with Crippen molar-refractivity contribution in [3.05, 3.63) is 54.3 Å². The lowest BCUT2D eigenvalue weighted by atomic mass is 10.2. The molecule has 1 saturated heterocycles. The van der Waals surface area contributed by atoms with E-state index in [1.165, 1.54) is 53.7 Å². The molecule has 0 saturated carbocycles. The second-order valence-corrected chi connectivity index (χ2v) is 11.6. The van der Waals surface area contributed by atoms with Gasteiger partial charge in [0.1, 0.15) is 24.2 Å². The van der Waals surface area contributed by atoms with Crippen LogP contribution in [0.1, 0.15) is 6.92 Å². The number of nitrogens with zero attached hydrogens (tertiary/aromatic N) is 2. The van der Waals surface area contributed by atoms with Crippen LogP contribution in [0.2, 0.25) is 0 Å². The van der Waals surface area contributed by atoms with Gasteiger partial charge in [-0.3, -0.25) is 9.10 Å². The SMILES string of the molecule is C[C@@H](C(=O)NCCOc1ccc(S(=O)(=O)N2CCOCC2)cc1)N(c1ccccc1F)S(C)(=O)=O. The molecule has 0 aromatic heterocycles. The van der Waals surface area contributed by atoms with Gasteiger partial charge in [-0.2, -0.15) is 4.31 Å². The van der Waals surface area contributed by atoms with Gasteiger partial charge < -0.3 is 14.8 Å². The lowest BCUT2D eigenvalue weighted by molar-refractivity contribution is -0.121. The first-order valence-corrected chi connectivity index (χ1v) is 14.1. The van der Waals surface area contributed by atoms with Gasteiger partial charge in [0, 0.05) is 13.1 Å². The van der Waals surface area contributed by atoms with Crippen LogP contribution >= 0.6 is 0 Å². The molecule has 1 atom stereocenters. The highest BCUT2D eigenvalue weighted by Crippen LogP contribution is 2.24. The third kappa shape index (κ3) is 6.69. The quantitative estimate of drug-likeness (QED) is 0.459. The van der Waals surface area contributed by atoms with Crippen molar-refractivity contribution >= 4 is 31.6 Å². The monoisotopic (exact) mass is 529 g/mol. The zero-order chi connectivity index (χ0) is 25.6. The van der Waals surface area contributed by atoms with Crippen molar-refractivity contribution in [2.24, 2.45) is 0 Å². The first-order chi connectivity index (χ1) is 16.5. The number of sulfonamides is 2. The molecular formula is C22H28FN3O7S2. The van der Waals surface area contributed by atoms with Crippen LogP contribution < -0.4 is 14.4 Å². The highest BCUT2D eigenvalue weighted by atomic mass is 32.2. The van der Waals surface area contributed by atoms with Crippen LogP contribution in [0.25, 0.3) is 0 Å². The fourth-order valence-corrected chi connectivity index (χ4v) is 6.13. The number of ether oxygens (including phenoxy) is 2. The van der Waals surface area contributed by atoms with Crippen LogP contribution in [0.3, 0.4) is 0 Å². The number of para-hydroxylation sites is 1. The Labute approximate surface area is 204 Å². The third-order valence-electron chi connectivity index (χ3n) is 5.28. The maximum atomic E-state index is 14.2. The van der Waals surface area contributed by atoms with E-state index in [1.807, 2.05) is 0 Å². The predicted molar refractivity (Wildman–Crippen MR) is 128 cm³/mol. The Morgan fingerprint density at radius 1 is 1.11 bits per heavy atom. The van der Waals surface area contributed by atoms with Gasteiger partial charge in [0.15, 0.2) is 0 Å². The number of halogens is 1. The van der Waals surface area contributed by atoms with Crippen molar-refractivity contribution in [2.75, 3.05) is 50.0 Å². The van der Waals surface area contributed by atoms with Crippen molar-refractivity contribution < 1.29 is 35.5 Å². The van der Waals surface area contributed by atoms with Gasteiger partial charge >= 0.3 is 0 Å². The molecule has 0 unspecified atom stereocenters. The number of rotatable bonds is 10. The molecule has 2 aromatic carbocycles. The van der Waals surface area contributed by atoms with Gasteiger partial charge in [-0.25, -0.2) is 21.2 Å². The topological polar surface area (TPSA) is 122 Å². The van der Waals surface area contributed by atoms with Crippen LogP contribution in [0.15, 0.2) is 53.4 Å². The zero-order valence-electron chi connectivity index (χ0n) is 19.4. The fraction of sp³-hybridized carbons (Fsp3) is 0.409. The second kappa shape index (κ2) is 11.3. The van der Waals surface area contributed by atoms with Crippen LogP contribution in [-0.4, -0.2) is 78.8 Å². The van der Waals surface area contributed by atoms with Crippen LogP contribution in [0.5, 0.6) is 5.75 Å². The van der Waals surface area contributed by atoms with Crippen LogP contribution in [-0.2, 0) is 29.6 Å². The Bertz CT molecular complexity index is 1230. The molecule has 35 heavy (non-hydrogen) atoms. The second-order valence-electron chi connectivity index (χ2n) is 7.81. The molecule has 1 aliphatic rings. The van der Waals surface area contributed by atoms with E-state index in [0.29, 0.717) is 32.1 Å². The fourth-order valence-electron chi connectivity index (χ4n) is 3.55. The summed E-state index contributed by atoms with van der Waals surface area (Å²) in [7, 11) is -7.55. The molecule has 192 valence electrons. The normalized spacial score (nSPS) is 15.9. The summed E-state index contributed by atoms with van der Waals surface area (Å²) in [6.07, 6.45) is 0.898. The Morgan fingerprint density at radius 3 is 2.34 bits per heavy atom. The summed E-state index contributed by atoms with van der Waals surface area (Å²) in [5.74, 6) is -0.994. The summed E-state index contributed by atoms with van der Waals surface area (Å²) in [5.41, 5.74) is -0.221. The Morgan fingerprint density at radius 2 is 1.74 bits per heavy atom. The zero-order valence-corrected chi connectivity index (χ0v) is 21.0. The minimum absolute atomic E-state index is 0.0475. The van der Waals surface area contributed by atoms with Gasteiger partial charge in [0.05, 0.1) is 36.6 Å². The van der Waals surface area contributed by atoms with Crippen molar-refractivity contribution in [3.63, 3.8) is 0 Å². The van der Waals surface area contributed by atoms with Crippen LogP contribution in [0.4, 0.5) is 10.1 Å². The molecule has 1 heterocycles. The van der Waals surface area contributed by atoms with Gasteiger partial charge in [0.2, 0.25) is 26.0 Å². The average molecular weight is 530 g/mol. The molecule has 0 aliphatic carbocycles. The summed E-state index contributed by atoms with van der Waals surface area (Å²) >= 11 is 0. The highest BCUT2D eigenvalue weighted by Gasteiger charge is 2.31. The number of carbonyl (C=O) groups excluding carboxylic acids is 1. The van der Waals surface area contributed by atoms with Gasteiger partial charge in [0.25, 0.3) is 0 Å². The van der Waals surface area contributed by atoms with Crippen molar-refractivity contribution in [1.82, 2.24) is 9.62 Å². The average Bonchev–Trinajstić information content (AvgIpc) is 2.83. The Balaban J connectivity index is 1.54. The number of morpholine rings is 1. The minimum Gasteiger partial charge on any atom is -0.492 e. The first kappa shape index (κ1) is 26.9. The van der Waals surface area contributed by atoms with Gasteiger partial charge in [-0.15, -0.1) is 0 Å². The molecule has 2 aromatic rings. The van der Waals surface area contributed by atoms with Crippen molar-refractivity contribution in [1.29, 1.82) is 0 Å². The first-order valence-electron chi connectivity index (χ1n) is 10.8. The molecule has 3 rings (SSSR count). The van der Waals surface area contributed by atoms with E-state index in [9.17, 15) is 26.0 Å². The molecule has 13 heteroatoms. The maximum absolute atomic E-state index is 14.2. The van der Waals surface area contributed by atoms with E-state index in [4.69, 9.17) is 9.47 Å². The molecule has 0 radical (unpaired) electrons. The summed E-state index contributed by atoms with van der Waals surface area (Å²) in [4.78, 5) is 12.7. The third-order valence-corrected chi connectivity index (χ3v) is 8.42. The summed E-state index contributed by atoms with van der Waals surface area (Å²) in [5, 5.41) is 2.57. The number of hydrogen-bond donors (Lipinski definition) is 1. The predicted octanol–water partition coefficient (Wildman–Crippen LogP) is 1.20. The van der Waals surface area contributed by atoms with Crippen molar-refractivity contribution in [2.45, 2.75) is 17.9 Å². The Kier molecular flexibility index (Phi) is 8.70. The number of anilines is 1. The number of carbonyl (C=O) groups is 1. The molecule has 1 fully saturated rings. The molecule has 1 N–H and O–H groups in total. The molecule has 10 nitrogen and oxygen atoms in total. The number of nitrogens with one attached hydrogen (secondary N) is 1. The number of amides is 1. The standard InChI is InChI=1S/C22H28FN3O7S2/c1-17(26(34(2,28)29)21-6-4-3-5-20(21)23)22(27)24-11-14-33-18-7-9-19(10-8-18)35(30,31)25-12-15-32-16-13-25/h3-10,17H,11-16H2,1-2H3,(H,24,27)/t17-/m0/s1. The Hall–Kier alpha value is -2.74. The van der Waals surface area contributed by atoms with Crippen LogP contribution in [0, 0.1) is 5.82 Å². The number of hydrogen-bond acceptors (Lipinski definition) is 7. The van der Waals surface area contributed by atoms with E-state index in [2.05, 4.69) is 5.32 Å². The molecule has 0 spiro atoms. The maximum Gasteiger partial charge on any atom is 0.243 e. The molecule has 1 aliphatic heterocycles. The van der Waals surface area contributed by atoms with E-state index >= 15 is 0 Å². The lowest BCUT2D eigenvalue weighted by Gasteiger charge is -2.28. The van der Waals surface area contributed by atoms with Gasteiger partial charge in [-0.1, -0.05) is 12.1 Å². The lowest BCUT2D eigenvalue weighted by Crippen LogP contribution is -2.48. The molecule has 1 amide bonds. The smallest absolute Gasteiger partial charge is 0.243 e. The van der Waals surface area contributed by atoms with E-state index in [-0.39, 0.29) is 23.7 Å². The van der Waals surface area contributed by atoms with Gasteiger partial charge in [-0.05, 0) is 43.3 Å². The molecular weight excluding hydrogens is 501 g/mol. The number of benzene rings is 2. The van der Waals surface area contributed by atoms with E-state index in [0.717, 1.165) is 16.6 Å². The largest absolute Gasteiger partial charge is 0.492 e. The summed E-state index contributed by atoms with van der Waals surface area (Å²) in [6.45, 7) is 2.76. The van der Waals surface area contributed by atoms with Crippen molar-refractivity contribution in [3.8, 4) is 5.75 Å². The van der Waals surface area contributed by atoms with E-state index < -0.39 is 37.8 Å². The molecule has 0 bridgehead atoms. The van der Waals surface area contributed by atoms with E-state index in [1.54, 1.807) is 0 Å².